The van der Waals surface area contributed by atoms with Gasteiger partial charge in [-0.15, -0.1) is 0 Å². The summed E-state index contributed by atoms with van der Waals surface area (Å²) in [7, 11) is 0.594. The standard InChI is InChI=1S/C25H37OSi/c1-16-12-20(24(5,6)7)13-17(2)22(16)27(26-11)23-18(3)14-21(15-19(23)4)25(8,9)10/h12-15H,1-11H3. The van der Waals surface area contributed by atoms with Gasteiger partial charge in [-0.25, -0.2) is 0 Å². The van der Waals surface area contributed by atoms with Gasteiger partial charge in [0.25, 0.3) is 9.04 Å². The fourth-order valence-electron chi connectivity index (χ4n) is 3.84. The van der Waals surface area contributed by atoms with Crippen molar-refractivity contribution in [2.75, 3.05) is 7.11 Å². The summed E-state index contributed by atoms with van der Waals surface area (Å²) in [5.74, 6) is 0. The molecule has 0 heterocycles. The van der Waals surface area contributed by atoms with Gasteiger partial charge in [-0.2, -0.15) is 0 Å². The van der Waals surface area contributed by atoms with Gasteiger partial charge in [0, 0.05) is 7.11 Å². The van der Waals surface area contributed by atoms with Crippen LogP contribution in [0.1, 0.15) is 74.9 Å². The molecule has 1 nitrogen and oxygen atoms in total. The van der Waals surface area contributed by atoms with Crippen molar-refractivity contribution in [3.8, 4) is 0 Å². The zero-order valence-electron chi connectivity index (χ0n) is 19.2. The lowest BCUT2D eigenvalue weighted by molar-refractivity contribution is 0.438. The summed E-state index contributed by atoms with van der Waals surface area (Å²) in [6.07, 6.45) is 0. The van der Waals surface area contributed by atoms with Crippen LogP contribution in [0.3, 0.4) is 0 Å². The average molecular weight is 382 g/mol. The summed E-state index contributed by atoms with van der Waals surface area (Å²) in [4.78, 5) is 0. The Labute approximate surface area is 168 Å². The molecular formula is C25H37OSi. The molecule has 0 saturated carbocycles. The fraction of sp³-hybridized carbons (Fsp3) is 0.520. The topological polar surface area (TPSA) is 9.23 Å². The summed E-state index contributed by atoms with van der Waals surface area (Å²) in [6, 6.07) is 9.45. The van der Waals surface area contributed by atoms with Crippen LogP contribution in [-0.4, -0.2) is 16.2 Å². The predicted molar refractivity (Wildman–Crippen MR) is 121 cm³/mol. The van der Waals surface area contributed by atoms with Crippen LogP contribution in [0.25, 0.3) is 0 Å². The molecule has 147 valence electrons. The van der Waals surface area contributed by atoms with E-state index in [-0.39, 0.29) is 10.8 Å². The molecule has 0 fully saturated rings. The average Bonchev–Trinajstić information content (AvgIpc) is 2.49. The molecule has 2 aromatic carbocycles. The maximum Gasteiger partial charge on any atom is 0.283 e. The van der Waals surface area contributed by atoms with E-state index in [0.717, 1.165) is 0 Å². The van der Waals surface area contributed by atoms with Crippen LogP contribution in [0.2, 0.25) is 0 Å². The zero-order valence-corrected chi connectivity index (χ0v) is 20.2. The minimum absolute atomic E-state index is 0.161. The molecule has 0 aliphatic heterocycles. The van der Waals surface area contributed by atoms with E-state index in [0.29, 0.717) is 0 Å². The van der Waals surface area contributed by atoms with Gasteiger partial charge in [-0.1, -0.05) is 65.8 Å². The Morgan fingerprint density at radius 1 is 0.593 bits per heavy atom. The molecule has 27 heavy (non-hydrogen) atoms. The molecule has 0 aliphatic rings. The van der Waals surface area contributed by atoms with E-state index in [4.69, 9.17) is 4.43 Å². The molecule has 0 N–H and O–H groups in total. The van der Waals surface area contributed by atoms with Gasteiger partial charge in [-0.05, 0) is 82.3 Å². The molecule has 2 rings (SSSR count). The molecule has 0 unspecified atom stereocenters. The van der Waals surface area contributed by atoms with Crippen LogP contribution in [0.5, 0.6) is 0 Å². The smallest absolute Gasteiger partial charge is 0.283 e. The lowest BCUT2D eigenvalue weighted by atomic mass is 9.85. The minimum atomic E-state index is -1.28. The van der Waals surface area contributed by atoms with E-state index in [9.17, 15) is 0 Å². The van der Waals surface area contributed by atoms with E-state index in [1.807, 2.05) is 7.11 Å². The first-order valence-electron chi connectivity index (χ1n) is 9.92. The van der Waals surface area contributed by atoms with Gasteiger partial charge in [0.2, 0.25) is 0 Å². The van der Waals surface area contributed by atoms with Crippen LogP contribution < -0.4 is 10.4 Å². The summed E-state index contributed by atoms with van der Waals surface area (Å²) in [5.41, 5.74) is 8.54. The van der Waals surface area contributed by atoms with Crippen molar-refractivity contribution in [3.63, 3.8) is 0 Å². The molecule has 1 radical (unpaired) electrons. The van der Waals surface area contributed by atoms with Gasteiger partial charge >= 0.3 is 0 Å². The second-order valence-electron chi connectivity index (χ2n) is 10.0. The molecule has 0 aromatic heterocycles. The molecule has 0 aliphatic carbocycles. The van der Waals surface area contributed by atoms with Crippen molar-refractivity contribution in [1.82, 2.24) is 0 Å². The Hall–Kier alpha value is -1.38. The Bertz CT molecular complexity index is 719. The fourth-order valence-corrected chi connectivity index (χ4v) is 6.22. The highest BCUT2D eigenvalue weighted by Crippen LogP contribution is 2.26. The van der Waals surface area contributed by atoms with Crippen LogP contribution in [0.4, 0.5) is 0 Å². The normalized spacial score (nSPS) is 12.7. The molecule has 0 amide bonds. The molecular weight excluding hydrogens is 344 g/mol. The van der Waals surface area contributed by atoms with Crippen molar-refractivity contribution in [2.24, 2.45) is 0 Å². The SMILES string of the molecule is CO[Si](c1c(C)cc(C(C)(C)C)cc1C)c1c(C)cc(C(C)(C)C)cc1C. The van der Waals surface area contributed by atoms with Gasteiger partial charge < -0.3 is 4.43 Å². The number of aryl methyl sites for hydroxylation is 4. The first-order valence-corrected chi connectivity index (χ1v) is 11.3. The molecule has 2 heteroatoms. The number of rotatable bonds is 3. The highest BCUT2D eigenvalue weighted by molar-refractivity contribution is 6.81. The van der Waals surface area contributed by atoms with Gasteiger partial charge in [-0.3, -0.25) is 0 Å². The third-order valence-corrected chi connectivity index (χ3v) is 8.35. The van der Waals surface area contributed by atoms with Gasteiger partial charge in [0.15, 0.2) is 0 Å². The Morgan fingerprint density at radius 3 is 1.04 bits per heavy atom. The van der Waals surface area contributed by atoms with Crippen LogP contribution >= 0.6 is 0 Å². The van der Waals surface area contributed by atoms with E-state index in [1.54, 1.807) is 0 Å². The zero-order chi connectivity index (χ0) is 20.7. The highest BCUT2D eigenvalue weighted by Gasteiger charge is 2.28. The maximum atomic E-state index is 6.20. The van der Waals surface area contributed by atoms with Gasteiger partial charge in [0.05, 0.1) is 0 Å². The van der Waals surface area contributed by atoms with E-state index < -0.39 is 9.04 Å². The molecule has 0 spiro atoms. The largest absolute Gasteiger partial charge is 0.411 e. The Morgan fingerprint density at radius 2 is 0.852 bits per heavy atom. The first kappa shape index (κ1) is 21.9. The minimum Gasteiger partial charge on any atom is -0.411 e. The van der Waals surface area contributed by atoms with Crippen molar-refractivity contribution in [1.29, 1.82) is 0 Å². The van der Waals surface area contributed by atoms with Gasteiger partial charge in [0.1, 0.15) is 0 Å². The van der Waals surface area contributed by atoms with E-state index >= 15 is 0 Å². The maximum absolute atomic E-state index is 6.20. The quantitative estimate of drug-likeness (QED) is 0.658. The monoisotopic (exact) mass is 381 g/mol. The van der Waals surface area contributed by atoms with Crippen LogP contribution in [-0.2, 0) is 15.3 Å². The van der Waals surface area contributed by atoms with Crippen molar-refractivity contribution < 1.29 is 4.43 Å². The summed E-state index contributed by atoms with van der Waals surface area (Å²) < 4.78 is 6.20. The van der Waals surface area contributed by atoms with Crippen molar-refractivity contribution >= 4 is 19.4 Å². The third-order valence-electron chi connectivity index (χ3n) is 5.46. The van der Waals surface area contributed by atoms with Crippen molar-refractivity contribution in [2.45, 2.75) is 80.1 Å². The summed E-state index contributed by atoms with van der Waals surface area (Å²) in [6.45, 7) is 22.7. The number of benzene rings is 2. The number of hydrogen-bond acceptors (Lipinski definition) is 1. The predicted octanol–water partition coefficient (Wildman–Crippen LogP) is 5.27. The Balaban J connectivity index is 2.65. The second-order valence-corrected chi connectivity index (χ2v) is 12.1. The molecule has 0 bridgehead atoms. The summed E-state index contributed by atoms with van der Waals surface area (Å²) >= 11 is 0. The van der Waals surface area contributed by atoms with Crippen molar-refractivity contribution in [3.05, 3.63) is 57.6 Å². The molecule has 2 aromatic rings. The van der Waals surface area contributed by atoms with E-state index in [2.05, 4.69) is 93.5 Å². The second kappa shape index (κ2) is 7.56. The lowest BCUT2D eigenvalue weighted by Gasteiger charge is -2.27. The third kappa shape index (κ3) is 4.55. The van der Waals surface area contributed by atoms with Crippen LogP contribution in [0, 0.1) is 27.7 Å². The van der Waals surface area contributed by atoms with Crippen LogP contribution in [0.15, 0.2) is 24.3 Å². The molecule has 0 atom stereocenters. The summed E-state index contributed by atoms with van der Waals surface area (Å²) in [5, 5.41) is 2.82. The van der Waals surface area contributed by atoms with E-state index in [1.165, 1.54) is 43.8 Å². The first-order chi connectivity index (χ1) is 12.3. The number of hydrogen-bond donors (Lipinski definition) is 0. The highest BCUT2D eigenvalue weighted by atomic mass is 28.3. The Kier molecular flexibility index (Phi) is 6.14. The molecule has 0 saturated heterocycles. The lowest BCUT2D eigenvalue weighted by Crippen LogP contribution is -2.49.